The van der Waals surface area contributed by atoms with Crippen LogP contribution in [0.5, 0.6) is 0 Å². The van der Waals surface area contributed by atoms with Crippen LogP contribution in [0.3, 0.4) is 0 Å². The normalized spacial score (nSPS) is 23.7. The van der Waals surface area contributed by atoms with E-state index in [1.807, 2.05) is 24.3 Å². The van der Waals surface area contributed by atoms with Gasteiger partial charge in [-0.2, -0.15) is 0 Å². The number of methoxy groups -OCH3 is 1. The highest BCUT2D eigenvalue weighted by Crippen LogP contribution is 2.51. The zero-order valence-corrected chi connectivity index (χ0v) is 19.8. The lowest BCUT2D eigenvalue weighted by molar-refractivity contribution is -0.176. The molecule has 1 aliphatic carbocycles. The van der Waals surface area contributed by atoms with E-state index in [4.69, 9.17) is 4.74 Å². The van der Waals surface area contributed by atoms with Crippen LogP contribution in [0.2, 0.25) is 0 Å². The molecule has 7 heteroatoms. The molecule has 1 fully saturated rings. The van der Waals surface area contributed by atoms with Gasteiger partial charge in [0.2, 0.25) is 0 Å². The van der Waals surface area contributed by atoms with Crippen molar-refractivity contribution >= 4 is 35.8 Å². The summed E-state index contributed by atoms with van der Waals surface area (Å²) in [4.78, 5) is 17.8. The maximum Gasteiger partial charge on any atom is 0.253 e. The van der Waals surface area contributed by atoms with Crippen LogP contribution < -0.4 is 10.6 Å². The Kier molecular flexibility index (Phi) is 8.10. The van der Waals surface area contributed by atoms with Crippen LogP contribution in [-0.2, 0) is 11.3 Å². The Balaban J connectivity index is 0.00000364. The molecule has 0 aromatic heterocycles. The fraction of sp³-hybridized carbons (Fsp3) is 0.600. The van der Waals surface area contributed by atoms with E-state index in [0.29, 0.717) is 18.2 Å². The number of carbonyl (C=O) groups is 1. The molecular formula is C20H33IN4O2. The molecule has 1 aliphatic rings. The molecule has 2 rings (SSSR count). The molecule has 0 saturated heterocycles. The minimum absolute atomic E-state index is 0. The minimum Gasteiger partial charge on any atom is -0.378 e. The van der Waals surface area contributed by atoms with Crippen molar-refractivity contribution in [3.63, 3.8) is 0 Å². The molecule has 1 aromatic carbocycles. The minimum atomic E-state index is -0.113. The van der Waals surface area contributed by atoms with Gasteiger partial charge in [-0.1, -0.05) is 26.0 Å². The van der Waals surface area contributed by atoms with Gasteiger partial charge in [0.05, 0.1) is 5.60 Å². The maximum absolute atomic E-state index is 11.9. The first-order valence-corrected chi connectivity index (χ1v) is 8.97. The SMILES string of the molecule is CN=C(NCc1ccc(C(=O)N(C)C)cc1)NC1CC(C)(OC)C1(C)C.I. The number of guanidine groups is 1. The lowest BCUT2D eigenvalue weighted by atomic mass is 9.56. The van der Waals surface area contributed by atoms with Gasteiger partial charge >= 0.3 is 0 Å². The smallest absolute Gasteiger partial charge is 0.253 e. The summed E-state index contributed by atoms with van der Waals surface area (Å²) in [5, 5.41) is 6.84. The molecule has 1 saturated carbocycles. The number of hydrogen-bond acceptors (Lipinski definition) is 3. The number of nitrogens with zero attached hydrogens (tertiary/aromatic N) is 2. The Labute approximate surface area is 180 Å². The van der Waals surface area contributed by atoms with E-state index in [2.05, 4.69) is 36.4 Å². The van der Waals surface area contributed by atoms with E-state index in [0.717, 1.165) is 17.9 Å². The van der Waals surface area contributed by atoms with Gasteiger partial charge in [-0.15, -0.1) is 24.0 Å². The molecule has 2 unspecified atom stereocenters. The van der Waals surface area contributed by atoms with Crippen LogP contribution in [0.1, 0.15) is 43.1 Å². The van der Waals surface area contributed by atoms with Crippen molar-refractivity contribution in [2.24, 2.45) is 10.4 Å². The molecule has 6 nitrogen and oxygen atoms in total. The Morgan fingerprint density at radius 2 is 1.85 bits per heavy atom. The van der Waals surface area contributed by atoms with Crippen LogP contribution in [0.15, 0.2) is 29.3 Å². The first-order chi connectivity index (χ1) is 12.1. The summed E-state index contributed by atoms with van der Waals surface area (Å²) in [7, 11) is 7.05. The van der Waals surface area contributed by atoms with Gasteiger partial charge in [-0.3, -0.25) is 9.79 Å². The Hall–Kier alpha value is -1.35. The van der Waals surface area contributed by atoms with Crippen molar-refractivity contribution in [1.29, 1.82) is 0 Å². The molecule has 0 spiro atoms. The van der Waals surface area contributed by atoms with Crippen molar-refractivity contribution in [1.82, 2.24) is 15.5 Å². The fourth-order valence-corrected chi connectivity index (χ4v) is 3.29. The Morgan fingerprint density at radius 1 is 1.26 bits per heavy atom. The van der Waals surface area contributed by atoms with E-state index in [1.165, 1.54) is 0 Å². The predicted molar refractivity (Wildman–Crippen MR) is 121 cm³/mol. The van der Waals surface area contributed by atoms with Gasteiger partial charge < -0.3 is 20.3 Å². The first-order valence-electron chi connectivity index (χ1n) is 8.97. The number of aliphatic imine (C=N–C) groups is 1. The van der Waals surface area contributed by atoms with Crippen LogP contribution in [-0.4, -0.2) is 56.7 Å². The zero-order valence-electron chi connectivity index (χ0n) is 17.4. The van der Waals surface area contributed by atoms with E-state index in [-0.39, 0.29) is 40.9 Å². The van der Waals surface area contributed by atoms with Gasteiger partial charge in [0.1, 0.15) is 0 Å². The van der Waals surface area contributed by atoms with Crippen LogP contribution >= 0.6 is 24.0 Å². The molecule has 152 valence electrons. The third-order valence-corrected chi connectivity index (χ3v) is 5.88. The number of nitrogens with one attached hydrogen (secondary N) is 2. The van der Waals surface area contributed by atoms with Gasteiger partial charge in [-0.25, -0.2) is 0 Å². The second-order valence-corrected chi connectivity index (χ2v) is 7.88. The van der Waals surface area contributed by atoms with Crippen molar-refractivity contribution in [3.8, 4) is 0 Å². The van der Waals surface area contributed by atoms with Crippen molar-refractivity contribution < 1.29 is 9.53 Å². The average Bonchev–Trinajstić information content (AvgIpc) is 2.63. The Bertz CT molecular complexity index is 673. The number of hydrogen-bond donors (Lipinski definition) is 2. The van der Waals surface area contributed by atoms with Gasteiger partial charge in [0, 0.05) is 51.8 Å². The van der Waals surface area contributed by atoms with E-state index in [9.17, 15) is 4.79 Å². The standard InChI is InChI=1S/C20H32N4O2.HI/c1-19(2)16(12-20(19,3)26-7)23-18(21-4)22-13-14-8-10-15(11-9-14)17(25)24(5)6;/h8-11,16H,12-13H2,1-7H3,(H2,21,22,23);1H. The quantitative estimate of drug-likeness (QED) is 0.380. The largest absolute Gasteiger partial charge is 0.378 e. The highest BCUT2D eigenvalue weighted by Gasteiger charge is 2.58. The lowest BCUT2D eigenvalue weighted by Crippen LogP contribution is -2.69. The van der Waals surface area contributed by atoms with Crippen LogP contribution in [0.4, 0.5) is 0 Å². The topological polar surface area (TPSA) is 66.0 Å². The summed E-state index contributed by atoms with van der Waals surface area (Å²) in [5.74, 6) is 0.782. The molecule has 2 atom stereocenters. The number of halogens is 1. The number of ether oxygens (including phenoxy) is 1. The molecule has 1 aromatic rings. The van der Waals surface area contributed by atoms with Crippen molar-refractivity contribution in [2.45, 2.75) is 45.4 Å². The zero-order chi connectivity index (χ0) is 19.5. The summed E-state index contributed by atoms with van der Waals surface area (Å²) in [5.41, 5.74) is 1.69. The van der Waals surface area contributed by atoms with Gasteiger partial charge in [-0.05, 0) is 31.0 Å². The molecule has 1 amide bonds. The monoisotopic (exact) mass is 488 g/mol. The highest BCUT2D eigenvalue weighted by atomic mass is 127. The third kappa shape index (κ3) is 4.93. The summed E-state index contributed by atoms with van der Waals surface area (Å²) >= 11 is 0. The van der Waals surface area contributed by atoms with Crippen molar-refractivity contribution in [3.05, 3.63) is 35.4 Å². The summed E-state index contributed by atoms with van der Waals surface area (Å²) in [6, 6.07) is 7.95. The average molecular weight is 488 g/mol. The number of benzene rings is 1. The first kappa shape index (κ1) is 23.7. The van der Waals surface area contributed by atoms with Crippen molar-refractivity contribution in [2.75, 3.05) is 28.3 Å². The molecule has 27 heavy (non-hydrogen) atoms. The molecule has 0 heterocycles. The van der Waals surface area contributed by atoms with E-state index < -0.39 is 0 Å². The fourth-order valence-electron chi connectivity index (χ4n) is 3.29. The molecule has 0 bridgehead atoms. The maximum atomic E-state index is 11.9. The van der Waals surface area contributed by atoms with Gasteiger partial charge in [0.25, 0.3) is 5.91 Å². The van der Waals surface area contributed by atoms with Gasteiger partial charge in [0.15, 0.2) is 5.96 Å². The molecule has 0 radical (unpaired) electrons. The summed E-state index contributed by atoms with van der Waals surface area (Å²) < 4.78 is 5.68. The lowest BCUT2D eigenvalue weighted by Gasteiger charge is -2.59. The third-order valence-electron chi connectivity index (χ3n) is 5.88. The molecular weight excluding hydrogens is 455 g/mol. The second-order valence-electron chi connectivity index (χ2n) is 7.88. The van der Waals surface area contributed by atoms with E-state index >= 15 is 0 Å². The van der Waals surface area contributed by atoms with E-state index in [1.54, 1.807) is 33.2 Å². The summed E-state index contributed by atoms with van der Waals surface area (Å²) in [6.07, 6.45) is 0.943. The Morgan fingerprint density at radius 3 is 2.30 bits per heavy atom. The number of rotatable bonds is 5. The number of carbonyl (C=O) groups excluding carboxylic acids is 1. The highest BCUT2D eigenvalue weighted by molar-refractivity contribution is 14.0. The predicted octanol–water partition coefficient (Wildman–Crippen LogP) is 2.88. The molecule has 0 aliphatic heterocycles. The number of amides is 1. The van der Waals surface area contributed by atoms with Crippen LogP contribution in [0.25, 0.3) is 0 Å². The van der Waals surface area contributed by atoms with Crippen LogP contribution in [0, 0.1) is 5.41 Å². The summed E-state index contributed by atoms with van der Waals surface area (Å²) in [6.45, 7) is 7.22. The second kappa shape index (κ2) is 9.23. The molecule has 2 N–H and O–H groups in total.